The van der Waals surface area contributed by atoms with Crippen molar-refractivity contribution in [3.63, 3.8) is 0 Å². The van der Waals surface area contributed by atoms with E-state index in [9.17, 15) is 0 Å². The number of fused-ring (bicyclic) bond motifs is 1. The maximum absolute atomic E-state index is 6.20. The van der Waals surface area contributed by atoms with Crippen LogP contribution in [0.4, 0.5) is 0 Å². The summed E-state index contributed by atoms with van der Waals surface area (Å²) in [7, 11) is 1.65. The molecule has 17 heavy (non-hydrogen) atoms. The van der Waals surface area contributed by atoms with Gasteiger partial charge in [-0.3, -0.25) is 0 Å². The SMILES string of the molecule is CCc1cc2c(Cl)nc(C(C)(C)OC)nc2s1. The third kappa shape index (κ3) is 2.30. The first-order valence-electron chi connectivity index (χ1n) is 5.49. The minimum Gasteiger partial charge on any atom is -0.371 e. The lowest BCUT2D eigenvalue weighted by atomic mass is 10.1. The molecule has 0 fully saturated rings. The van der Waals surface area contributed by atoms with E-state index in [0.29, 0.717) is 11.0 Å². The lowest BCUT2D eigenvalue weighted by Crippen LogP contribution is -2.22. The van der Waals surface area contributed by atoms with E-state index in [0.717, 1.165) is 16.6 Å². The Hall–Kier alpha value is -0.710. The Morgan fingerprint density at radius 3 is 2.71 bits per heavy atom. The highest BCUT2D eigenvalue weighted by atomic mass is 35.5. The molecular weight excluding hydrogens is 256 g/mol. The summed E-state index contributed by atoms with van der Waals surface area (Å²) in [5.41, 5.74) is -0.520. The summed E-state index contributed by atoms with van der Waals surface area (Å²) in [6, 6.07) is 2.06. The van der Waals surface area contributed by atoms with Crippen molar-refractivity contribution in [2.45, 2.75) is 32.8 Å². The summed E-state index contributed by atoms with van der Waals surface area (Å²) in [5.74, 6) is 0.627. The molecule has 0 bridgehead atoms. The number of rotatable bonds is 3. The summed E-state index contributed by atoms with van der Waals surface area (Å²) in [5, 5.41) is 1.44. The zero-order chi connectivity index (χ0) is 12.6. The van der Waals surface area contributed by atoms with Gasteiger partial charge in [0.15, 0.2) is 5.82 Å². The van der Waals surface area contributed by atoms with Crippen LogP contribution in [0.2, 0.25) is 5.15 Å². The number of halogens is 1. The lowest BCUT2D eigenvalue weighted by Gasteiger charge is -2.20. The van der Waals surface area contributed by atoms with Crippen molar-refractivity contribution in [2.75, 3.05) is 7.11 Å². The van der Waals surface area contributed by atoms with Gasteiger partial charge in [0.05, 0.1) is 0 Å². The van der Waals surface area contributed by atoms with Gasteiger partial charge < -0.3 is 4.74 Å². The van der Waals surface area contributed by atoms with Gasteiger partial charge in [-0.1, -0.05) is 18.5 Å². The molecule has 0 aromatic carbocycles. The Balaban J connectivity index is 2.62. The minimum absolute atomic E-state index is 0.506. The van der Waals surface area contributed by atoms with Gasteiger partial charge in [0.1, 0.15) is 15.6 Å². The van der Waals surface area contributed by atoms with E-state index in [1.54, 1.807) is 18.4 Å². The Kier molecular flexibility index (Phi) is 3.39. The molecular formula is C12H15ClN2OS. The highest BCUT2D eigenvalue weighted by Crippen LogP contribution is 2.31. The molecule has 0 atom stereocenters. The first-order chi connectivity index (χ1) is 7.97. The van der Waals surface area contributed by atoms with Crippen LogP contribution in [0.3, 0.4) is 0 Å². The molecule has 2 aromatic heterocycles. The monoisotopic (exact) mass is 270 g/mol. The highest BCUT2D eigenvalue weighted by Gasteiger charge is 2.25. The average Bonchev–Trinajstić information content (AvgIpc) is 2.72. The van der Waals surface area contributed by atoms with Crippen LogP contribution in [0.1, 0.15) is 31.5 Å². The molecule has 0 radical (unpaired) electrons. The van der Waals surface area contributed by atoms with Gasteiger partial charge in [0, 0.05) is 17.4 Å². The molecule has 5 heteroatoms. The van der Waals surface area contributed by atoms with Crippen LogP contribution in [0.5, 0.6) is 0 Å². The quantitative estimate of drug-likeness (QED) is 0.796. The van der Waals surface area contributed by atoms with E-state index >= 15 is 0 Å². The van der Waals surface area contributed by atoms with E-state index < -0.39 is 5.60 Å². The molecule has 2 heterocycles. The first kappa shape index (κ1) is 12.7. The minimum atomic E-state index is -0.520. The van der Waals surface area contributed by atoms with Gasteiger partial charge in [0.2, 0.25) is 0 Å². The van der Waals surface area contributed by atoms with Crippen molar-refractivity contribution in [1.82, 2.24) is 9.97 Å². The largest absolute Gasteiger partial charge is 0.371 e. The summed E-state index contributed by atoms with van der Waals surface area (Å²) in [4.78, 5) is 11.1. The Bertz CT molecular complexity index is 551. The van der Waals surface area contributed by atoms with Gasteiger partial charge in [-0.15, -0.1) is 11.3 Å². The topological polar surface area (TPSA) is 35.0 Å². The van der Waals surface area contributed by atoms with Gasteiger partial charge in [-0.25, -0.2) is 9.97 Å². The molecule has 0 aliphatic carbocycles. The van der Waals surface area contributed by atoms with Crippen LogP contribution in [0, 0.1) is 0 Å². The van der Waals surface area contributed by atoms with Crippen molar-refractivity contribution in [3.05, 3.63) is 21.9 Å². The van der Waals surface area contributed by atoms with Crippen molar-refractivity contribution in [1.29, 1.82) is 0 Å². The second-order valence-corrected chi connectivity index (χ2v) is 5.81. The zero-order valence-electron chi connectivity index (χ0n) is 10.4. The normalized spacial score (nSPS) is 12.3. The Morgan fingerprint density at radius 2 is 2.12 bits per heavy atom. The molecule has 0 aliphatic heterocycles. The third-order valence-corrected chi connectivity index (χ3v) is 4.26. The molecule has 3 nitrogen and oxygen atoms in total. The predicted molar refractivity (Wildman–Crippen MR) is 71.8 cm³/mol. The molecule has 2 aromatic rings. The summed E-state index contributed by atoms with van der Waals surface area (Å²) < 4.78 is 5.38. The van der Waals surface area contributed by atoms with E-state index in [4.69, 9.17) is 16.3 Å². The predicted octanol–water partition coefficient (Wildman–Crippen LogP) is 3.79. The van der Waals surface area contributed by atoms with Crippen LogP contribution in [0.15, 0.2) is 6.07 Å². The summed E-state index contributed by atoms with van der Waals surface area (Å²) in [6.07, 6.45) is 0.986. The van der Waals surface area contributed by atoms with Crippen molar-refractivity contribution >= 4 is 33.2 Å². The van der Waals surface area contributed by atoms with Crippen molar-refractivity contribution in [2.24, 2.45) is 0 Å². The number of hydrogen-bond donors (Lipinski definition) is 0. The molecule has 0 saturated carbocycles. The second-order valence-electron chi connectivity index (χ2n) is 4.34. The molecule has 0 amide bonds. The Morgan fingerprint density at radius 1 is 1.41 bits per heavy atom. The number of ether oxygens (including phenoxy) is 1. The number of nitrogens with zero attached hydrogens (tertiary/aromatic N) is 2. The summed E-state index contributed by atoms with van der Waals surface area (Å²) >= 11 is 7.86. The van der Waals surface area contributed by atoms with Gasteiger partial charge >= 0.3 is 0 Å². The zero-order valence-corrected chi connectivity index (χ0v) is 11.9. The number of aromatic nitrogens is 2. The van der Waals surface area contributed by atoms with E-state index in [1.807, 2.05) is 13.8 Å². The van der Waals surface area contributed by atoms with Crippen LogP contribution in [0.25, 0.3) is 10.2 Å². The third-order valence-electron chi connectivity index (χ3n) is 2.79. The summed E-state index contributed by atoms with van der Waals surface area (Å²) in [6.45, 7) is 5.98. The number of methoxy groups -OCH3 is 1. The average molecular weight is 271 g/mol. The molecule has 2 rings (SSSR count). The van der Waals surface area contributed by atoms with E-state index in [-0.39, 0.29) is 0 Å². The fourth-order valence-electron chi connectivity index (χ4n) is 1.47. The smallest absolute Gasteiger partial charge is 0.162 e. The van der Waals surface area contributed by atoms with Gasteiger partial charge in [-0.05, 0) is 26.3 Å². The van der Waals surface area contributed by atoms with E-state index in [1.165, 1.54) is 4.88 Å². The Labute approximate surface area is 110 Å². The molecule has 0 N–H and O–H groups in total. The maximum atomic E-state index is 6.20. The molecule has 92 valence electrons. The van der Waals surface area contributed by atoms with Crippen LogP contribution in [-0.4, -0.2) is 17.1 Å². The van der Waals surface area contributed by atoms with Gasteiger partial charge in [-0.2, -0.15) is 0 Å². The fraction of sp³-hybridized carbons (Fsp3) is 0.500. The van der Waals surface area contributed by atoms with Crippen molar-refractivity contribution in [3.8, 4) is 0 Å². The maximum Gasteiger partial charge on any atom is 0.162 e. The lowest BCUT2D eigenvalue weighted by molar-refractivity contribution is 0.0118. The first-order valence-corrected chi connectivity index (χ1v) is 6.69. The highest BCUT2D eigenvalue weighted by molar-refractivity contribution is 7.18. The molecule has 0 spiro atoms. The molecule has 0 unspecified atom stereocenters. The number of thiophene rings is 1. The van der Waals surface area contributed by atoms with Crippen LogP contribution < -0.4 is 0 Å². The number of aryl methyl sites for hydroxylation is 1. The van der Waals surface area contributed by atoms with Crippen LogP contribution >= 0.6 is 22.9 Å². The number of hydrogen-bond acceptors (Lipinski definition) is 4. The molecule has 0 aliphatic rings. The molecule has 0 saturated heterocycles. The van der Waals surface area contributed by atoms with E-state index in [2.05, 4.69) is 23.0 Å². The van der Waals surface area contributed by atoms with Gasteiger partial charge in [0.25, 0.3) is 0 Å². The standard InChI is InChI=1S/C12H15ClN2OS/c1-5-7-6-8-9(13)14-11(12(2,3)16-4)15-10(8)17-7/h6H,5H2,1-4H3. The fourth-order valence-corrected chi connectivity index (χ4v) is 2.72. The van der Waals surface area contributed by atoms with Crippen molar-refractivity contribution < 1.29 is 4.74 Å². The second kappa shape index (κ2) is 4.52. The van der Waals surface area contributed by atoms with Crippen LogP contribution in [-0.2, 0) is 16.8 Å².